The maximum atomic E-state index is 12.8. The molecule has 3 heterocycles. The smallest absolute Gasteiger partial charge is 0.240 e. The van der Waals surface area contributed by atoms with Crippen LogP contribution >= 0.6 is 11.6 Å². The van der Waals surface area contributed by atoms with E-state index in [2.05, 4.69) is 0 Å². The van der Waals surface area contributed by atoms with Crippen molar-refractivity contribution in [2.75, 3.05) is 4.90 Å². The van der Waals surface area contributed by atoms with Gasteiger partial charge in [0.1, 0.15) is 0 Å². The fourth-order valence-electron chi connectivity index (χ4n) is 4.41. The van der Waals surface area contributed by atoms with E-state index in [1.54, 1.807) is 0 Å². The quantitative estimate of drug-likeness (QED) is 0.774. The maximum Gasteiger partial charge on any atom is 0.240 e. The topological polar surface area (TPSA) is 46.6 Å². The van der Waals surface area contributed by atoms with Crippen LogP contribution in [0.2, 0.25) is 5.02 Å². The van der Waals surface area contributed by atoms with Crippen molar-refractivity contribution in [2.24, 2.45) is 11.8 Å². The second-order valence-corrected chi connectivity index (χ2v) is 7.34. The predicted molar refractivity (Wildman–Crippen MR) is 94.3 cm³/mol. The minimum atomic E-state index is -0.290. The summed E-state index contributed by atoms with van der Waals surface area (Å²) in [6, 6.07) is 15.1. The van der Waals surface area contributed by atoms with Gasteiger partial charge in [-0.2, -0.15) is 0 Å². The van der Waals surface area contributed by atoms with E-state index in [0.29, 0.717) is 10.7 Å². The van der Waals surface area contributed by atoms with E-state index in [4.69, 9.17) is 16.3 Å². The summed E-state index contributed by atoms with van der Waals surface area (Å²) in [5, 5.41) is 0.692. The Hall–Kier alpha value is -2.17. The Morgan fingerprint density at radius 2 is 1.28 bits per heavy atom. The van der Waals surface area contributed by atoms with Crippen molar-refractivity contribution in [1.29, 1.82) is 0 Å². The predicted octanol–water partition coefficient (Wildman–Crippen LogP) is 3.67. The minimum Gasteiger partial charge on any atom is -0.373 e. The normalized spacial score (nSPS) is 30.2. The van der Waals surface area contributed by atoms with Crippen molar-refractivity contribution in [1.82, 2.24) is 0 Å². The number of imide groups is 1. The zero-order valence-corrected chi connectivity index (χ0v) is 14.1. The zero-order valence-electron chi connectivity index (χ0n) is 13.4. The minimum absolute atomic E-state index is 0.0789. The van der Waals surface area contributed by atoms with Crippen LogP contribution in [0.1, 0.15) is 12.8 Å². The molecule has 5 rings (SSSR count). The van der Waals surface area contributed by atoms with Gasteiger partial charge in [-0.1, -0.05) is 35.9 Å². The van der Waals surface area contributed by atoms with Crippen molar-refractivity contribution < 1.29 is 14.3 Å². The molecule has 0 radical (unpaired) electrons. The first-order valence-corrected chi connectivity index (χ1v) is 8.90. The van der Waals surface area contributed by atoms with Gasteiger partial charge < -0.3 is 4.74 Å². The summed E-state index contributed by atoms with van der Waals surface area (Å²) in [6.07, 6.45) is 1.61. The van der Waals surface area contributed by atoms with E-state index in [1.165, 1.54) is 4.90 Å². The lowest BCUT2D eigenvalue weighted by Crippen LogP contribution is -2.34. The van der Waals surface area contributed by atoms with Crippen molar-refractivity contribution in [2.45, 2.75) is 25.0 Å². The van der Waals surface area contributed by atoms with Gasteiger partial charge >= 0.3 is 0 Å². The average Bonchev–Trinajstić information content (AvgIpc) is 3.30. The van der Waals surface area contributed by atoms with Gasteiger partial charge in [0, 0.05) is 5.02 Å². The molecule has 0 unspecified atom stereocenters. The highest BCUT2D eigenvalue weighted by Crippen LogP contribution is 2.49. The summed E-state index contributed by atoms with van der Waals surface area (Å²) in [5.74, 6) is -0.799. The molecule has 0 aromatic heterocycles. The number of hydrogen-bond donors (Lipinski definition) is 0. The average molecular weight is 354 g/mol. The van der Waals surface area contributed by atoms with Crippen LogP contribution in [0, 0.1) is 11.8 Å². The molecule has 5 heteroatoms. The number of ether oxygens (including phenoxy) is 1. The third kappa shape index (κ3) is 2.17. The first-order valence-electron chi connectivity index (χ1n) is 8.53. The fraction of sp³-hybridized carbons (Fsp3) is 0.300. The molecule has 0 N–H and O–H groups in total. The maximum absolute atomic E-state index is 12.8. The molecule has 0 aliphatic carbocycles. The number of hydrogen-bond acceptors (Lipinski definition) is 3. The largest absolute Gasteiger partial charge is 0.373 e. The summed E-state index contributed by atoms with van der Waals surface area (Å²) < 4.78 is 5.77. The number of fused-ring (bicyclic) bond motifs is 5. The first-order chi connectivity index (χ1) is 12.1. The molecule has 0 spiro atoms. The number of halogens is 1. The van der Waals surface area contributed by atoms with Gasteiger partial charge in [-0.05, 0) is 48.2 Å². The lowest BCUT2D eigenvalue weighted by atomic mass is 9.81. The van der Waals surface area contributed by atoms with Crippen LogP contribution in [-0.2, 0) is 14.3 Å². The highest BCUT2D eigenvalue weighted by atomic mass is 35.5. The second-order valence-electron chi connectivity index (χ2n) is 6.91. The number of anilines is 1. The lowest BCUT2D eigenvalue weighted by Gasteiger charge is -2.18. The van der Waals surface area contributed by atoms with Gasteiger partial charge in [0.15, 0.2) is 0 Å². The summed E-state index contributed by atoms with van der Waals surface area (Å²) in [7, 11) is 0. The molecular weight excluding hydrogens is 338 g/mol. The summed E-state index contributed by atoms with van der Waals surface area (Å²) in [4.78, 5) is 26.9. The number of amides is 2. The Morgan fingerprint density at radius 3 is 1.80 bits per heavy atom. The third-order valence-corrected chi connectivity index (χ3v) is 5.84. The van der Waals surface area contributed by atoms with E-state index in [9.17, 15) is 9.59 Å². The molecule has 0 saturated carbocycles. The van der Waals surface area contributed by atoms with Crippen LogP contribution in [0.15, 0.2) is 48.5 Å². The SMILES string of the molecule is O=C1[C@H]2[C@H](C(=O)N1c1ccc(-c3ccc(Cl)cc3)cc1)[C@H]1CC[C@H]2O1. The molecule has 25 heavy (non-hydrogen) atoms. The Bertz CT molecular complexity index is 834. The molecular formula is C20H16ClNO3. The molecule has 4 nitrogen and oxygen atoms in total. The summed E-state index contributed by atoms with van der Waals surface area (Å²) in [5.41, 5.74) is 2.70. The summed E-state index contributed by atoms with van der Waals surface area (Å²) in [6.45, 7) is 0. The van der Waals surface area contributed by atoms with Crippen molar-refractivity contribution >= 4 is 29.1 Å². The highest BCUT2D eigenvalue weighted by molar-refractivity contribution is 6.30. The second kappa shape index (κ2) is 5.41. The van der Waals surface area contributed by atoms with E-state index in [1.807, 2.05) is 48.5 Å². The summed E-state index contributed by atoms with van der Waals surface area (Å²) >= 11 is 5.93. The first kappa shape index (κ1) is 15.1. The number of benzene rings is 2. The Labute approximate surface area is 150 Å². The molecule has 4 atom stereocenters. The Balaban J connectivity index is 1.45. The molecule has 2 aromatic carbocycles. The van der Waals surface area contributed by atoms with Gasteiger partial charge in [0.2, 0.25) is 11.8 Å². The molecule has 2 bridgehead atoms. The van der Waals surface area contributed by atoms with Crippen LogP contribution < -0.4 is 4.90 Å². The van der Waals surface area contributed by atoms with Crippen molar-refractivity contribution in [3.05, 3.63) is 53.6 Å². The van der Waals surface area contributed by atoms with Crippen molar-refractivity contribution in [3.8, 4) is 11.1 Å². The molecule has 2 amide bonds. The van der Waals surface area contributed by atoms with Gasteiger partial charge in [-0.3, -0.25) is 9.59 Å². The molecule has 2 aromatic rings. The lowest BCUT2D eigenvalue weighted by molar-refractivity contribution is -0.124. The molecule has 3 saturated heterocycles. The number of carbonyl (C=O) groups excluding carboxylic acids is 2. The van der Waals surface area contributed by atoms with Crippen LogP contribution in [-0.4, -0.2) is 24.0 Å². The van der Waals surface area contributed by atoms with Crippen LogP contribution in [0.3, 0.4) is 0 Å². The number of carbonyl (C=O) groups is 2. The van der Waals surface area contributed by atoms with E-state index >= 15 is 0 Å². The molecule has 3 aliphatic rings. The zero-order chi connectivity index (χ0) is 17.1. The van der Waals surface area contributed by atoms with Crippen LogP contribution in [0.25, 0.3) is 11.1 Å². The number of nitrogens with zero attached hydrogens (tertiary/aromatic N) is 1. The standard InChI is InChI=1S/C20H16ClNO3/c21-13-5-1-11(2-6-13)12-3-7-14(8-4-12)22-19(23)17-15-9-10-16(25-15)18(17)20(22)24/h1-8,15-18H,9-10H2/t15-,16-,17-,18-/m1/s1. The highest BCUT2D eigenvalue weighted by Gasteiger charge is 2.62. The van der Waals surface area contributed by atoms with E-state index < -0.39 is 0 Å². The van der Waals surface area contributed by atoms with Gasteiger partial charge in [-0.15, -0.1) is 0 Å². The fourth-order valence-corrected chi connectivity index (χ4v) is 4.54. The molecule has 3 fully saturated rings. The third-order valence-electron chi connectivity index (χ3n) is 5.59. The van der Waals surface area contributed by atoms with Gasteiger partial charge in [0.05, 0.1) is 29.7 Å². The van der Waals surface area contributed by atoms with E-state index in [0.717, 1.165) is 24.0 Å². The van der Waals surface area contributed by atoms with Gasteiger partial charge in [-0.25, -0.2) is 4.90 Å². The van der Waals surface area contributed by atoms with E-state index in [-0.39, 0.29) is 35.9 Å². The molecule has 3 aliphatic heterocycles. The Morgan fingerprint density at radius 1 is 0.800 bits per heavy atom. The number of rotatable bonds is 2. The van der Waals surface area contributed by atoms with Crippen LogP contribution in [0.5, 0.6) is 0 Å². The van der Waals surface area contributed by atoms with Crippen molar-refractivity contribution in [3.63, 3.8) is 0 Å². The van der Waals surface area contributed by atoms with Crippen LogP contribution in [0.4, 0.5) is 5.69 Å². The monoisotopic (exact) mass is 353 g/mol. The van der Waals surface area contributed by atoms with Gasteiger partial charge in [0.25, 0.3) is 0 Å². The molecule has 126 valence electrons. The Kier molecular flexibility index (Phi) is 3.27.